The molecule has 0 spiro atoms. The van der Waals surface area contributed by atoms with Crippen LogP contribution in [0.5, 0.6) is 0 Å². The highest BCUT2D eigenvalue weighted by Crippen LogP contribution is 2.27. The molecule has 0 aromatic carbocycles. The van der Waals surface area contributed by atoms with E-state index in [9.17, 15) is 14.9 Å². The van der Waals surface area contributed by atoms with Crippen molar-refractivity contribution in [2.45, 2.75) is 6.92 Å². The van der Waals surface area contributed by atoms with Crippen molar-refractivity contribution in [3.8, 4) is 0 Å². The van der Waals surface area contributed by atoms with Gasteiger partial charge in [0.1, 0.15) is 0 Å². The third-order valence-corrected chi connectivity index (χ3v) is 2.31. The second kappa shape index (κ2) is 2.79. The summed E-state index contributed by atoms with van der Waals surface area (Å²) in [5.74, 6) is 0. The Bertz CT molecular complexity index is 305. The van der Waals surface area contributed by atoms with E-state index in [0.717, 1.165) is 11.3 Å². The molecule has 1 aromatic heterocycles. The van der Waals surface area contributed by atoms with E-state index < -0.39 is 4.92 Å². The largest absolute Gasteiger partial charge is 0.327 e. The fraction of sp³-hybridized carbons (Fsp3) is 0.167. The Kier molecular flexibility index (Phi) is 2.00. The highest BCUT2D eigenvalue weighted by atomic mass is 32.1. The van der Waals surface area contributed by atoms with Gasteiger partial charge in [-0.25, -0.2) is 0 Å². The lowest BCUT2D eigenvalue weighted by Crippen LogP contribution is -1.84. The van der Waals surface area contributed by atoms with Crippen molar-refractivity contribution in [2.75, 3.05) is 0 Å². The van der Waals surface area contributed by atoms with Crippen LogP contribution in [-0.2, 0) is 0 Å². The first-order valence-electron chi connectivity index (χ1n) is 2.85. The minimum atomic E-state index is -0.479. The fourth-order valence-electron chi connectivity index (χ4n) is 0.736. The molecule has 1 rings (SSSR count). The van der Waals surface area contributed by atoms with Gasteiger partial charge in [0.2, 0.25) is 0 Å². The number of hydrogen-bond acceptors (Lipinski definition) is 4. The van der Waals surface area contributed by atoms with Crippen LogP contribution in [-0.4, -0.2) is 11.2 Å². The molecule has 4 nitrogen and oxygen atoms in total. The van der Waals surface area contributed by atoms with Crippen LogP contribution in [0.25, 0.3) is 0 Å². The van der Waals surface area contributed by atoms with Gasteiger partial charge in [-0.05, 0) is 13.0 Å². The number of nitro groups is 1. The molecule has 0 aliphatic heterocycles. The molecule has 0 bridgehead atoms. The molecule has 1 heterocycles. The summed E-state index contributed by atoms with van der Waals surface area (Å²) in [6.45, 7) is 1.61. The van der Waals surface area contributed by atoms with Crippen LogP contribution in [0.4, 0.5) is 5.00 Å². The number of aldehydes is 1. The Labute approximate surface area is 66.6 Å². The maximum Gasteiger partial charge on any atom is 0.327 e. The maximum atomic E-state index is 10.3. The zero-order valence-corrected chi connectivity index (χ0v) is 6.55. The average Bonchev–Trinajstić information content (AvgIpc) is 2.30. The van der Waals surface area contributed by atoms with E-state index in [1.807, 2.05) is 0 Å². The van der Waals surface area contributed by atoms with Gasteiger partial charge in [-0.3, -0.25) is 14.9 Å². The lowest BCUT2D eigenvalue weighted by atomic mass is 10.3. The Morgan fingerprint density at radius 3 is 2.64 bits per heavy atom. The highest BCUT2D eigenvalue weighted by Gasteiger charge is 2.14. The average molecular weight is 171 g/mol. The van der Waals surface area contributed by atoms with Crippen LogP contribution in [0.3, 0.4) is 0 Å². The number of carbonyl (C=O) groups is 1. The Balaban J connectivity index is 3.16. The summed E-state index contributed by atoms with van der Waals surface area (Å²) >= 11 is 0.900. The number of hydrogen-bond donors (Lipinski definition) is 0. The van der Waals surface area contributed by atoms with Gasteiger partial charge in [0.05, 0.1) is 9.80 Å². The van der Waals surface area contributed by atoms with Crippen LogP contribution >= 0.6 is 11.3 Å². The van der Waals surface area contributed by atoms with Crippen molar-refractivity contribution in [2.24, 2.45) is 0 Å². The van der Waals surface area contributed by atoms with Crippen molar-refractivity contribution < 1.29 is 9.72 Å². The molecule has 0 radical (unpaired) electrons. The topological polar surface area (TPSA) is 60.2 Å². The SMILES string of the molecule is Cc1cc(C=O)sc1[N+](=O)[O-]. The van der Waals surface area contributed by atoms with Crippen molar-refractivity contribution in [1.29, 1.82) is 0 Å². The first-order chi connectivity index (χ1) is 5.15. The fourth-order valence-corrected chi connectivity index (χ4v) is 1.54. The molecular formula is C6H5NO3S. The lowest BCUT2D eigenvalue weighted by Gasteiger charge is -1.83. The standard InChI is InChI=1S/C6H5NO3S/c1-4-2-5(3-8)11-6(4)7(9)10/h2-3H,1H3. The molecule has 0 fully saturated rings. The van der Waals surface area contributed by atoms with E-state index in [2.05, 4.69) is 0 Å². The number of thiophene rings is 1. The molecule has 1 aromatic rings. The molecule has 0 saturated heterocycles. The second-order valence-electron chi connectivity index (χ2n) is 2.01. The van der Waals surface area contributed by atoms with Gasteiger partial charge in [0, 0.05) is 5.56 Å². The van der Waals surface area contributed by atoms with Gasteiger partial charge in [-0.2, -0.15) is 0 Å². The van der Waals surface area contributed by atoms with E-state index in [1.165, 1.54) is 6.07 Å². The number of nitrogens with zero attached hydrogens (tertiary/aromatic N) is 1. The minimum absolute atomic E-state index is 0.0482. The third kappa shape index (κ3) is 1.43. The third-order valence-electron chi connectivity index (χ3n) is 1.19. The normalized spacial score (nSPS) is 9.55. The van der Waals surface area contributed by atoms with Crippen LogP contribution in [0.2, 0.25) is 0 Å². The van der Waals surface area contributed by atoms with Crippen molar-refractivity contribution >= 4 is 22.6 Å². The smallest absolute Gasteiger partial charge is 0.297 e. The number of rotatable bonds is 2. The molecule has 11 heavy (non-hydrogen) atoms. The van der Waals surface area contributed by atoms with Crippen molar-refractivity contribution in [1.82, 2.24) is 0 Å². The summed E-state index contributed by atoms with van der Waals surface area (Å²) in [6, 6.07) is 1.51. The molecule has 0 atom stereocenters. The quantitative estimate of drug-likeness (QED) is 0.387. The van der Waals surface area contributed by atoms with Crippen molar-refractivity contribution in [3.63, 3.8) is 0 Å². The second-order valence-corrected chi connectivity index (χ2v) is 3.07. The number of aryl methyl sites for hydroxylation is 1. The van der Waals surface area contributed by atoms with Crippen LogP contribution in [0, 0.1) is 17.0 Å². The lowest BCUT2D eigenvalue weighted by molar-refractivity contribution is -0.380. The predicted molar refractivity (Wildman–Crippen MR) is 41.1 cm³/mol. The molecule has 0 aliphatic carbocycles. The van der Waals surface area contributed by atoms with E-state index in [4.69, 9.17) is 0 Å². The first kappa shape index (κ1) is 7.87. The van der Waals surface area contributed by atoms with Gasteiger partial charge in [-0.1, -0.05) is 11.3 Å². The molecule has 0 amide bonds. The highest BCUT2D eigenvalue weighted by molar-refractivity contribution is 7.17. The zero-order valence-electron chi connectivity index (χ0n) is 5.73. The summed E-state index contributed by atoms with van der Waals surface area (Å²) in [5.41, 5.74) is 0.544. The van der Waals surface area contributed by atoms with Crippen LogP contribution in [0.1, 0.15) is 15.2 Å². The molecule has 5 heteroatoms. The van der Waals surface area contributed by atoms with Crippen LogP contribution in [0.15, 0.2) is 6.07 Å². The van der Waals surface area contributed by atoms with Gasteiger partial charge in [0.25, 0.3) is 0 Å². The van der Waals surface area contributed by atoms with Gasteiger partial charge < -0.3 is 0 Å². The molecular weight excluding hydrogens is 166 g/mol. The first-order valence-corrected chi connectivity index (χ1v) is 3.67. The van der Waals surface area contributed by atoms with Gasteiger partial charge >= 0.3 is 5.00 Å². The van der Waals surface area contributed by atoms with Gasteiger partial charge in [0.15, 0.2) is 6.29 Å². The zero-order chi connectivity index (χ0) is 8.43. The van der Waals surface area contributed by atoms with E-state index in [-0.39, 0.29) is 5.00 Å². The summed E-state index contributed by atoms with van der Waals surface area (Å²) < 4.78 is 0. The van der Waals surface area contributed by atoms with Crippen molar-refractivity contribution in [3.05, 3.63) is 26.6 Å². The summed E-state index contributed by atoms with van der Waals surface area (Å²) in [4.78, 5) is 20.4. The monoisotopic (exact) mass is 171 g/mol. The summed E-state index contributed by atoms with van der Waals surface area (Å²) in [5, 5.41) is 10.3. The van der Waals surface area contributed by atoms with Crippen LogP contribution < -0.4 is 0 Å². The molecule has 58 valence electrons. The number of carbonyl (C=O) groups excluding carboxylic acids is 1. The molecule has 0 saturated carbocycles. The summed E-state index contributed by atoms with van der Waals surface area (Å²) in [7, 11) is 0. The molecule has 0 unspecified atom stereocenters. The Morgan fingerprint density at radius 2 is 2.36 bits per heavy atom. The summed E-state index contributed by atoms with van der Waals surface area (Å²) in [6.07, 6.45) is 0.616. The Morgan fingerprint density at radius 1 is 1.73 bits per heavy atom. The van der Waals surface area contributed by atoms with E-state index in [1.54, 1.807) is 6.92 Å². The van der Waals surface area contributed by atoms with Gasteiger partial charge in [-0.15, -0.1) is 0 Å². The molecule has 0 N–H and O–H groups in total. The maximum absolute atomic E-state index is 10.3. The Hall–Kier alpha value is -1.23. The van der Waals surface area contributed by atoms with E-state index >= 15 is 0 Å². The predicted octanol–water partition coefficient (Wildman–Crippen LogP) is 1.78. The minimum Gasteiger partial charge on any atom is -0.297 e. The van der Waals surface area contributed by atoms with E-state index in [0.29, 0.717) is 16.7 Å². The molecule has 0 aliphatic rings.